The molecule has 11 aromatic carbocycles. The van der Waals surface area contributed by atoms with Crippen molar-refractivity contribution in [3.63, 3.8) is 0 Å². The average molecular weight is 790 g/mol. The second-order valence-corrected chi connectivity index (χ2v) is 16.1. The van der Waals surface area contributed by atoms with Gasteiger partial charge >= 0.3 is 0 Å². The number of nitrogens with zero attached hydrogens (tertiary/aromatic N) is 1. The fraction of sp³-hybridized carbons (Fsp3) is 0. The van der Waals surface area contributed by atoms with Gasteiger partial charge in [0.2, 0.25) is 0 Å². The molecule has 290 valence electrons. The molecule has 0 atom stereocenters. The van der Waals surface area contributed by atoms with E-state index in [0.717, 1.165) is 55.7 Å². The number of benzene rings is 11. The molecule has 0 spiro atoms. The maximum atomic E-state index is 6.44. The number of rotatable bonds is 7. The first kappa shape index (κ1) is 35.7. The third-order valence-corrected chi connectivity index (χ3v) is 12.4. The van der Waals surface area contributed by atoms with Gasteiger partial charge in [0.15, 0.2) is 0 Å². The van der Waals surface area contributed by atoms with Crippen LogP contribution in [0.1, 0.15) is 0 Å². The molecule has 0 saturated carbocycles. The maximum absolute atomic E-state index is 6.44. The fourth-order valence-corrected chi connectivity index (χ4v) is 9.31. The van der Waals surface area contributed by atoms with Gasteiger partial charge in [-0.05, 0) is 138 Å². The highest BCUT2D eigenvalue weighted by atomic mass is 16.3. The predicted molar refractivity (Wildman–Crippen MR) is 263 cm³/mol. The highest BCUT2D eigenvalue weighted by molar-refractivity contribution is 6.11. The van der Waals surface area contributed by atoms with E-state index in [9.17, 15) is 0 Å². The van der Waals surface area contributed by atoms with E-state index in [0.29, 0.717) is 0 Å². The highest BCUT2D eigenvalue weighted by Crippen LogP contribution is 2.44. The van der Waals surface area contributed by atoms with Crippen LogP contribution in [0.2, 0.25) is 0 Å². The van der Waals surface area contributed by atoms with E-state index < -0.39 is 0 Å². The van der Waals surface area contributed by atoms with Crippen LogP contribution >= 0.6 is 0 Å². The Morgan fingerprint density at radius 3 is 1.68 bits per heavy atom. The Kier molecular flexibility index (Phi) is 8.53. The van der Waals surface area contributed by atoms with Crippen molar-refractivity contribution in [1.82, 2.24) is 0 Å². The van der Waals surface area contributed by atoms with Crippen LogP contribution < -0.4 is 4.90 Å². The minimum absolute atomic E-state index is 0.886. The zero-order valence-electron chi connectivity index (χ0n) is 33.9. The third-order valence-electron chi connectivity index (χ3n) is 12.4. The quantitative estimate of drug-likeness (QED) is 0.160. The van der Waals surface area contributed by atoms with Gasteiger partial charge in [0.1, 0.15) is 11.2 Å². The first-order valence-electron chi connectivity index (χ1n) is 21.2. The van der Waals surface area contributed by atoms with Crippen LogP contribution in [0.15, 0.2) is 241 Å². The van der Waals surface area contributed by atoms with Gasteiger partial charge in [-0.15, -0.1) is 0 Å². The van der Waals surface area contributed by atoms with Crippen molar-refractivity contribution < 1.29 is 4.42 Å². The smallest absolute Gasteiger partial charge is 0.136 e. The average Bonchev–Trinajstić information content (AvgIpc) is 3.70. The standard InChI is InChI=1S/C60H39NO/c1-2-14-43-34-48(27-26-40(43)12-1)45-19-10-21-52(36-45)61(51-31-28-41(29-32-51)44-18-9-20-49(35-44)54-24-11-17-42-13-5-6-22-53(42)54)58-25-8-7-23-55(58)50-30-33-59-56(38-50)57-37-46-15-3-4-16-47(46)39-60(57)62-59/h1-39H. The van der Waals surface area contributed by atoms with E-state index in [2.05, 4.69) is 241 Å². The Labute approximate surface area is 360 Å². The van der Waals surface area contributed by atoms with Gasteiger partial charge in [0, 0.05) is 27.7 Å². The molecule has 2 heteroatoms. The fourth-order valence-electron chi connectivity index (χ4n) is 9.31. The van der Waals surface area contributed by atoms with E-state index in [4.69, 9.17) is 4.42 Å². The van der Waals surface area contributed by atoms with Crippen molar-refractivity contribution in [3.8, 4) is 44.5 Å². The molecule has 0 fully saturated rings. The van der Waals surface area contributed by atoms with Crippen molar-refractivity contribution in [2.24, 2.45) is 0 Å². The molecular weight excluding hydrogens is 751 g/mol. The lowest BCUT2D eigenvalue weighted by molar-refractivity contribution is 0.669. The Bertz CT molecular complexity index is 3650. The Morgan fingerprint density at radius 1 is 0.258 bits per heavy atom. The summed E-state index contributed by atoms with van der Waals surface area (Å²) in [6, 6.07) is 85.6. The van der Waals surface area contributed by atoms with Crippen molar-refractivity contribution in [3.05, 3.63) is 237 Å². The normalized spacial score (nSPS) is 11.5. The summed E-state index contributed by atoms with van der Waals surface area (Å²) < 4.78 is 6.44. The summed E-state index contributed by atoms with van der Waals surface area (Å²) in [5, 5.41) is 9.59. The van der Waals surface area contributed by atoms with Gasteiger partial charge in [0.25, 0.3) is 0 Å². The molecule has 1 aromatic heterocycles. The predicted octanol–water partition coefficient (Wildman–Crippen LogP) is 17.2. The number of hydrogen-bond acceptors (Lipinski definition) is 2. The summed E-state index contributed by atoms with van der Waals surface area (Å²) in [6.45, 7) is 0. The molecule has 1 heterocycles. The van der Waals surface area contributed by atoms with Gasteiger partial charge < -0.3 is 9.32 Å². The van der Waals surface area contributed by atoms with Crippen LogP contribution in [0.25, 0.3) is 98.8 Å². The van der Waals surface area contributed by atoms with E-state index in [-0.39, 0.29) is 0 Å². The molecule has 12 rings (SSSR count). The minimum atomic E-state index is 0.886. The van der Waals surface area contributed by atoms with Crippen molar-refractivity contribution >= 4 is 71.3 Å². The number of hydrogen-bond donors (Lipinski definition) is 0. The molecule has 0 radical (unpaired) electrons. The summed E-state index contributed by atoms with van der Waals surface area (Å²) in [4.78, 5) is 2.40. The summed E-state index contributed by atoms with van der Waals surface area (Å²) in [5.74, 6) is 0. The molecule has 0 N–H and O–H groups in total. The van der Waals surface area contributed by atoms with Crippen molar-refractivity contribution in [2.45, 2.75) is 0 Å². The van der Waals surface area contributed by atoms with Crippen LogP contribution in [0.3, 0.4) is 0 Å². The van der Waals surface area contributed by atoms with Crippen LogP contribution in [0.5, 0.6) is 0 Å². The minimum Gasteiger partial charge on any atom is -0.456 e. The molecule has 2 nitrogen and oxygen atoms in total. The van der Waals surface area contributed by atoms with E-state index in [1.54, 1.807) is 0 Å². The molecule has 0 amide bonds. The summed E-state index contributed by atoms with van der Waals surface area (Å²) in [5.41, 5.74) is 14.4. The van der Waals surface area contributed by atoms with Crippen molar-refractivity contribution in [1.29, 1.82) is 0 Å². The second kappa shape index (κ2) is 14.8. The van der Waals surface area contributed by atoms with Gasteiger partial charge in [-0.3, -0.25) is 0 Å². The number of furan rings is 1. The van der Waals surface area contributed by atoms with Crippen LogP contribution in [0, 0.1) is 0 Å². The topological polar surface area (TPSA) is 16.4 Å². The van der Waals surface area contributed by atoms with E-state index in [1.807, 2.05) is 0 Å². The molecule has 0 aliphatic carbocycles. The third kappa shape index (κ3) is 6.29. The molecule has 0 bridgehead atoms. The first-order valence-corrected chi connectivity index (χ1v) is 21.2. The van der Waals surface area contributed by atoms with E-state index in [1.165, 1.54) is 60.1 Å². The zero-order valence-corrected chi connectivity index (χ0v) is 33.9. The highest BCUT2D eigenvalue weighted by Gasteiger charge is 2.20. The van der Waals surface area contributed by atoms with Gasteiger partial charge in [0.05, 0.1) is 5.69 Å². The van der Waals surface area contributed by atoms with Gasteiger partial charge in [-0.1, -0.05) is 170 Å². The lowest BCUT2D eigenvalue weighted by atomic mass is 9.95. The molecule has 12 aromatic rings. The van der Waals surface area contributed by atoms with Crippen LogP contribution in [-0.4, -0.2) is 0 Å². The number of anilines is 3. The lowest BCUT2D eigenvalue weighted by Crippen LogP contribution is -2.11. The molecule has 0 unspecified atom stereocenters. The summed E-state index contributed by atoms with van der Waals surface area (Å²) >= 11 is 0. The number of fused-ring (bicyclic) bond motifs is 6. The van der Waals surface area contributed by atoms with Gasteiger partial charge in [-0.25, -0.2) is 0 Å². The van der Waals surface area contributed by atoms with Crippen LogP contribution in [0.4, 0.5) is 17.1 Å². The van der Waals surface area contributed by atoms with Gasteiger partial charge in [-0.2, -0.15) is 0 Å². The van der Waals surface area contributed by atoms with E-state index >= 15 is 0 Å². The summed E-state index contributed by atoms with van der Waals surface area (Å²) in [7, 11) is 0. The largest absolute Gasteiger partial charge is 0.456 e. The number of para-hydroxylation sites is 1. The SMILES string of the molecule is c1cc(-c2ccc(N(c3cccc(-c4ccc5ccccc5c4)c3)c3ccccc3-c3ccc4oc5cc6ccccc6cc5c4c3)cc2)cc(-c2cccc3ccccc23)c1. The second-order valence-electron chi connectivity index (χ2n) is 16.1. The Balaban J connectivity index is 0.990. The molecule has 62 heavy (non-hydrogen) atoms. The van der Waals surface area contributed by atoms with Crippen LogP contribution in [-0.2, 0) is 0 Å². The Morgan fingerprint density at radius 2 is 0.823 bits per heavy atom. The first-order chi connectivity index (χ1) is 30.7. The summed E-state index contributed by atoms with van der Waals surface area (Å²) in [6.07, 6.45) is 0. The lowest BCUT2D eigenvalue weighted by Gasteiger charge is -2.28. The van der Waals surface area contributed by atoms with Crippen molar-refractivity contribution in [2.75, 3.05) is 4.90 Å². The molecular formula is C60H39NO. The maximum Gasteiger partial charge on any atom is 0.136 e. The Hall–Kier alpha value is -8.20. The molecule has 0 aliphatic heterocycles. The monoisotopic (exact) mass is 789 g/mol. The molecule has 0 aliphatic rings. The molecule has 0 saturated heterocycles. The zero-order chi connectivity index (χ0) is 41.0.